The van der Waals surface area contributed by atoms with Crippen LogP contribution in [0.1, 0.15) is 32.3 Å². The number of hydrogen-bond donors (Lipinski definition) is 2. The van der Waals surface area contributed by atoms with Crippen LogP contribution in [0.15, 0.2) is 12.3 Å². The Labute approximate surface area is 118 Å². The molecule has 19 heavy (non-hydrogen) atoms. The summed E-state index contributed by atoms with van der Waals surface area (Å²) in [4.78, 5) is 15.6. The van der Waals surface area contributed by atoms with Crippen LogP contribution in [0.2, 0.25) is 5.02 Å². The lowest BCUT2D eigenvalue weighted by atomic mass is 10.2. The Hall–Kier alpha value is -1.80. The Morgan fingerprint density at radius 2 is 2.37 bits per heavy atom. The molecule has 0 aliphatic carbocycles. The number of nitrogens with zero attached hydrogens (tertiary/aromatic N) is 2. The van der Waals surface area contributed by atoms with Gasteiger partial charge in [-0.1, -0.05) is 18.5 Å². The minimum absolute atomic E-state index is 0.0191. The predicted molar refractivity (Wildman–Crippen MR) is 75.0 cm³/mol. The summed E-state index contributed by atoms with van der Waals surface area (Å²) in [6, 6.07) is 3.70. The molecule has 1 heterocycles. The molecule has 1 aromatic heterocycles. The number of nitriles is 1. The number of aromatic nitrogens is 1. The second-order valence-electron chi connectivity index (χ2n) is 4.19. The third kappa shape index (κ3) is 4.76. The van der Waals surface area contributed by atoms with E-state index in [1.54, 1.807) is 6.07 Å². The van der Waals surface area contributed by atoms with Crippen molar-refractivity contribution in [3.05, 3.63) is 22.8 Å². The number of rotatable bonds is 6. The van der Waals surface area contributed by atoms with E-state index in [0.717, 1.165) is 6.42 Å². The maximum absolute atomic E-state index is 11.6. The molecule has 1 aromatic rings. The highest BCUT2D eigenvalue weighted by Gasteiger charge is 2.08. The van der Waals surface area contributed by atoms with E-state index in [2.05, 4.69) is 15.6 Å². The van der Waals surface area contributed by atoms with Crippen molar-refractivity contribution in [1.29, 1.82) is 5.26 Å². The van der Waals surface area contributed by atoms with Crippen LogP contribution in [0.25, 0.3) is 0 Å². The van der Waals surface area contributed by atoms with E-state index >= 15 is 0 Å². The second kappa shape index (κ2) is 7.59. The summed E-state index contributed by atoms with van der Waals surface area (Å²) in [7, 11) is 0. The van der Waals surface area contributed by atoms with Crippen molar-refractivity contribution in [3.8, 4) is 6.07 Å². The van der Waals surface area contributed by atoms with Crippen molar-refractivity contribution in [2.75, 3.05) is 11.9 Å². The SMILES string of the molecule is CCC(C)NC(=O)CCNc1nccc(C#N)c1Cl. The molecular formula is C13H17ClN4O. The van der Waals surface area contributed by atoms with Crippen molar-refractivity contribution in [2.24, 2.45) is 0 Å². The van der Waals surface area contributed by atoms with Gasteiger partial charge in [-0.15, -0.1) is 0 Å². The van der Waals surface area contributed by atoms with Gasteiger partial charge in [-0.05, 0) is 19.4 Å². The summed E-state index contributed by atoms with van der Waals surface area (Å²) >= 11 is 5.98. The van der Waals surface area contributed by atoms with E-state index in [0.29, 0.717) is 24.3 Å². The lowest BCUT2D eigenvalue weighted by Gasteiger charge is -2.12. The molecule has 0 fully saturated rings. The molecule has 1 amide bonds. The van der Waals surface area contributed by atoms with Gasteiger partial charge in [0.05, 0.1) is 5.56 Å². The van der Waals surface area contributed by atoms with E-state index in [1.807, 2.05) is 19.9 Å². The van der Waals surface area contributed by atoms with Crippen LogP contribution in [0.5, 0.6) is 0 Å². The topological polar surface area (TPSA) is 77.8 Å². The molecule has 102 valence electrons. The number of anilines is 1. The molecular weight excluding hydrogens is 264 g/mol. The lowest BCUT2D eigenvalue weighted by Crippen LogP contribution is -2.33. The van der Waals surface area contributed by atoms with E-state index in [-0.39, 0.29) is 17.0 Å². The summed E-state index contributed by atoms with van der Waals surface area (Å²) in [5.41, 5.74) is 0.364. The van der Waals surface area contributed by atoms with Gasteiger partial charge < -0.3 is 10.6 Å². The normalized spacial score (nSPS) is 11.5. The fourth-order valence-electron chi connectivity index (χ4n) is 1.40. The van der Waals surface area contributed by atoms with Crippen LogP contribution in [-0.2, 0) is 4.79 Å². The van der Waals surface area contributed by atoms with E-state index in [9.17, 15) is 4.79 Å². The summed E-state index contributed by atoms with van der Waals surface area (Å²) in [6.45, 7) is 4.39. The number of nitrogens with one attached hydrogen (secondary N) is 2. The Morgan fingerprint density at radius 3 is 3.00 bits per heavy atom. The monoisotopic (exact) mass is 280 g/mol. The molecule has 0 saturated heterocycles. The van der Waals surface area contributed by atoms with Crippen LogP contribution in [0, 0.1) is 11.3 Å². The zero-order valence-corrected chi connectivity index (χ0v) is 11.8. The zero-order chi connectivity index (χ0) is 14.3. The van der Waals surface area contributed by atoms with Gasteiger partial charge in [0, 0.05) is 25.2 Å². The minimum atomic E-state index is -0.0191. The molecule has 0 aliphatic rings. The highest BCUT2D eigenvalue weighted by atomic mass is 35.5. The first kappa shape index (κ1) is 15.3. The Bertz CT molecular complexity index is 484. The van der Waals surface area contributed by atoms with Crippen LogP contribution < -0.4 is 10.6 Å². The number of amides is 1. The molecule has 2 N–H and O–H groups in total. The van der Waals surface area contributed by atoms with Gasteiger partial charge >= 0.3 is 0 Å². The summed E-state index contributed by atoms with van der Waals surface area (Å²) in [5, 5.41) is 14.9. The highest BCUT2D eigenvalue weighted by Crippen LogP contribution is 2.22. The molecule has 5 nitrogen and oxygen atoms in total. The zero-order valence-electron chi connectivity index (χ0n) is 11.0. The van der Waals surface area contributed by atoms with E-state index in [4.69, 9.17) is 16.9 Å². The molecule has 0 saturated carbocycles. The van der Waals surface area contributed by atoms with Crippen molar-refractivity contribution in [2.45, 2.75) is 32.7 Å². The van der Waals surface area contributed by atoms with Gasteiger partial charge in [0.2, 0.25) is 5.91 Å². The van der Waals surface area contributed by atoms with E-state index < -0.39 is 0 Å². The summed E-state index contributed by atoms with van der Waals surface area (Å²) in [6.07, 6.45) is 2.74. The second-order valence-corrected chi connectivity index (χ2v) is 4.56. The Balaban J connectivity index is 2.46. The Morgan fingerprint density at radius 1 is 1.63 bits per heavy atom. The van der Waals surface area contributed by atoms with Gasteiger partial charge in [0.25, 0.3) is 0 Å². The van der Waals surface area contributed by atoms with Crippen LogP contribution in [0.3, 0.4) is 0 Å². The van der Waals surface area contributed by atoms with Crippen LogP contribution in [0.4, 0.5) is 5.82 Å². The third-order valence-electron chi connectivity index (χ3n) is 2.67. The van der Waals surface area contributed by atoms with Gasteiger partial charge in [-0.2, -0.15) is 5.26 Å². The smallest absolute Gasteiger partial charge is 0.221 e. The van der Waals surface area contributed by atoms with Crippen LogP contribution in [-0.4, -0.2) is 23.5 Å². The largest absolute Gasteiger partial charge is 0.368 e. The molecule has 1 rings (SSSR count). The molecule has 0 spiro atoms. The molecule has 0 radical (unpaired) electrons. The number of hydrogen-bond acceptors (Lipinski definition) is 4. The number of carbonyl (C=O) groups excluding carboxylic acids is 1. The molecule has 0 bridgehead atoms. The van der Waals surface area contributed by atoms with E-state index in [1.165, 1.54) is 6.20 Å². The molecule has 0 aromatic carbocycles. The number of pyridine rings is 1. The summed E-state index contributed by atoms with van der Waals surface area (Å²) in [5.74, 6) is 0.409. The van der Waals surface area contributed by atoms with Gasteiger partial charge in [-0.25, -0.2) is 4.98 Å². The van der Waals surface area contributed by atoms with Gasteiger partial charge in [0.1, 0.15) is 16.9 Å². The maximum Gasteiger partial charge on any atom is 0.221 e. The standard InChI is InChI=1S/C13H17ClN4O/c1-3-9(2)18-11(19)5-7-17-13-12(14)10(8-15)4-6-16-13/h4,6,9H,3,5,7H2,1-2H3,(H,16,17)(H,18,19). The van der Waals surface area contributed by atoms with Crippen molar-refractivity contribution in [1.82, 2.24) is 10.3 Å². The third-order valence-corrected chi connectivity index (χ3v) is 3.06. The summed E-state index contributed by atoms with van der Waals surface area (Å²) < 4.78 is 0. The van der Waals surface area contributed by atoms with Gasteiger partial charge in [0.15, 0.2) is 0 Å². The average molecular weight is 281 g/mol. The first-order valence-corrected chi connectivity index (χ1v) is 6.54. The fourth-order valence-corrected chi connectivity index (χ4v) is 1.62. The van der Waals surface area contributed by atoms with Crippen molar-refractivity contribution >= 4 is 23.3 Å². The molecule has 1 unspecified atom stereocenters. The lowest BCUT2D eigenvalue weighted by molar-refractivity contribution is -0.121. The van der Waals surface area contributed by atoms with Gasteiger partial charge in [-0.3, -0.25) is 4.79 Å². The van der Waals surface area contributed by atoms with Crippen LogP contribution >= 0.6 is 11.6 Å². The maximum atomic E-state index is 11.6. The Kier molecular flexibility index (Phi) is 6.10. The quantitative estimate of drug-likeness (QED) is 0.838. The highest BCUT2D eigenvalue weighted by molar-refractivity contribution is 6.34. The van der Waals surface area contributed by atoms with Crippen molar-refractivity contribution < 1.29 is 4.79 Å². The predicted octanol–water partition coefficient (Wildman–Crippen LogP) is 2.32. The average Bonchev–Trinajstić information content (AvgIpc) is 2.40. The number of halogens is 1. The first-order chi connectivity index (χ1) is 9.08. The fraction of sp³-hybridized carbons (Fsp3) is 0.462. The molecule has 6 heteroatoms. The molecule has 1 atom stereocenters. The van der Waals surface area contributed by atoms with Crippen molar-refractivity contribution in [3.63, 3.8) is 0 Å². The molecule has 0 aliphatic heterocycles. The minimum Gasteiger partial charge on any atom is -0.368 e. The number of carbonyl (C=O) groups is 1. The first-order valence-electron chi connectivity index (χ1n) is 6.16.